The molecule has 3 amide bonds. The quantitative estimate of drug-likeness (QED) is 0.521. The van der Waals surface area contributed by atoms with Gasteiger partial charge in [-0.1, -0.05) is 80.6 Å². The maximum Gasteiger partial charge on any atom is 0.326 e. The van der Waals surface area contributed by atoms with Gasteiger partial charge in [-0.15, -0.1) is 0 Å². The van der Waals surface area contributed by atoms with Gasteiger partial charge < -0.3 is 20.2 Å². The molecule has 4 rings (SSSR count). The maximum absolute atomic E-state index is 13.4. The summed E-state index contributed by atoms with van der Waals surface area (Å²) in [5, 5.41) is 12.7. The maximum atomic E-state index is 13.4. The predicted molar refractivity (Wildman–Crippen MR) is 144 cm³/mol. The van der Waals surface area contributed by atoms with Crippen molar-refractivity contribution in [3.8, 4) is 0 Å². The Morgan fingerprint density at radius 2 is 1.58 bits per heavy atom. The van der Waals surface area contributed by atoms with Gasteiger partial charge in [-0.05, 0) is 42.4 Å². The first-order valence-corrected chi connectivity index (χ1v) is 13.5. The van der Waals surface area contributed by atoms with Gasteiger partial charge in [0.1, 0.15) is 6.04 Å². The molecule has 0 aromatic heterocycles. The average molecular weight is 520 g/mol. The van der Waals surface area contributed by atoms with E-state index in [1.54, 1.807) is 24.3 Å². The molecule has 202 valence electrons. The van der Waals surface area contributed by atoms with Gasteiger partial charge in [-0.3, -0.25) is 9.59 Å². The lowest BCUT2D eigenvalue weighted by Gasteiger charge is -2.30. The molecule has 2 aromatic carbocycles. The number of hydrogen-bond donors (Lipinski definition) is 2. The number of carboxylic acids is 1. The fourth-order valence-corrected chi connectivity index (χ4v) is 5.82. The molecular formula is C30H37N3O5. The molecule has 1 aliphatic carbocycles. The minimum Gasteiger partial charge on any atom is -0.480 e. The number of nitrogens with zero attached hydrogens (tertiary/aromatic N) is 2. The van der Waals surface area contributed by atoms with Crippen molar-refractivity contribution in [1.29, 1.82) is 0 Å². The largest absolute Gasteiger partial charge is 0.480 e. The van der Waals surface area contributed by atoms with Crippen LogP contribution in [0.2, 0.25) is 0 Å². The highest BCUT2D eigenvalue weighted by molar-refractivity contribution is 5.99. The third-order valence-corrected chi connectivity index (χ3v) is 7.91. The third-order valence-electron chi connectivity index (χ3n) is 7.91. The molecule has 2 aromatic rings. The number of hydrogen-bond acceptors (Lipinski definition) is 4. The van der Waals surface area contributed by atoms with Crippen LogP contribution in [0.15, 0.2) is 60.7 Å². The SMILES string of the molecule is CN(CC(=O)[C@H](Cc1ccccc1)NC(=O)c1ccccc1)C(=O)N1C[C@H](C2CCCCC2)C[C@H]1C(=O)O. The summed E-state index contributed by atoms with van der Waals surface area (Å²) < 4.78 is 0. The normalized spacial score (nSPS) is 20.5. The number of urea groups is 1. The summed E-state index contributed by atoms with van der Waals surface area (Å²) in [7, 11) is 1.52. The number of carbonyl (C=O) groups is 4. The number of carbonyl (C=O) groups excluding carboxylic acids is 3. The zero-order chi connectivity index (χ0) is 27.1. The van der Waals surface area contributed by atoms with Crippen LogP contribution in [0.5, 0.6) is 0 Å². The number of carboxylic acid groups (broad SMARTS) is 1. The molecule has 1 aliphatic heterocycles. The number of aliphatic carboxylic acids is 1. The second kappa shape index (κ2) is 12.7. The van der Waals surface area contributed by atoms with Crippen LogP contribution in [0.3, 0.4) is 0 Å². The van der Waals surface area contributed by atoms with E-state index >= 15 is 0 Å². The molecule has 1 saturated carbocycles. The van der Waals surface area contributed by atoms with Gasteiger partial charge in [0.05, 0.1) is 12.6 Å². The number of nitrogens with one attached hydrogen (secondary N) is 1. The first kappa shape index (κ1) is 27.4. The van der Waals surface area contributed by atoms with Gasteiger partial charge in [0.15, 0.2) is 5.78 Å². The summed E-state index contributed by atoms with van der Waals surface area (Å²) in [6, 6.07) is 15.9. The van der Waals surface area contributed by atoms with Crippen molar-refractivity contribution in [2.45, 2.75) is 57.0 Å². The number of likely N-dealkylation sites (tertiary alicyclic amines) is 1. The standard InChI is InChI=1S/C30H37N3O5/c1-32(30(38)33-19-24(18-26(33)29(36)37)22-13-7-3-8-14-22)20-27(34)25(17-21-11-5-2-6-12-21)31-28(35)23-15-9-4-10-16-23/h2,4-6,9-12,15-16,22,24-26H,3,7-8,13-14,17-20H2,1H3,(H,31,35)(H,36,37)/t24-,25+,26+/m1/s1. The fourth-order valence-electron chi connectivity index (χ4n) is 5.82. The van der Waals surface area contributed by atoms with Gasteiger partial charge in [0.2, 0.25) is 0 Å². The number of Topliss-reactive ketones (excluding diaryl/α,β-unsaturated/α-hetero) is 1. The van der Waals surface area contributed by atoms with Crippen LogP contribution in [0.4, 0.5) is 4.79 Å². The molecule has 2 aliphatic rings. The Balaban J connectivity index is 1.44. The monoisotopic (exact) mass is 519 g/mol. The Hall–Kier alpha value is -3.68. The Morgan fingerprint density at radius 3 is 2.21 bits per heavy atom. The molecule has 38 heavy (non-hydrogen) atoms. The molecular weight excluding hydrogens is 482 g/mol. The lowest BCUT2D eigenvalue weighted by Crippen LogP contribution is -2.51. The second-order valence-electron chi connectivity index (χ2n) is 10.6. The number of rotatable bonds is 9. The van der Waals surface area contributed by atoms with E-state index in [2.05, 4.69) is 5.32 Å². The summed E-state index contributed by atoms with van der Waals surface area (Å²) in [6.07, 6.45) is 6.41. The Kier molecular flexibility index (Phi) is 9.15. The van der Waals surface area contributed by atoms with Crippen molar-refractivity contribution >= 4 is 23.7 Å². The molecule has 1 heterocycles. The van der Waals surface area contributed by atoms with Crippen molar-refractivity contribution in [3.63, 3.8) is 0 Å². The van der Waals surface area contributed by atoms with E-state index in [-0.39, 0.29) is 30.6 Å². The van der Waals surface area contributed by atoms with Crippen molar-refractivity contribution in [2.24, 2.45) is 11.8 Å². The lowest BCUT2D eigenvalue weighted by molar-refractivity contribution is -0.141. The van der Waals surface area contributed by atoms with Crippen molar-refractivity contribution < 1.29 is 24.3 Å². The highest BCUT2D eigenvalue weighted by atomic mass is 16.4. The average Bonchev–Trinajstić information content (AvgIpc) is 3.40. The van der Waals surface area contributed by atoms with Crippen LogP contribution in [0, 0.1) is 11.8 Å². The molecule has 8 heteroatoms. The third kappa shape index (κ3) is 6.79. The van der Waals surface area contributed by atoms with E-state index < -0.39 is 24.1 Å². The number of likely N-dealkylation sites (N-methyl/N-ethyl adjacent to an activating group) is 1. The first-order chi connectivity index (χ1) is 18.3. The first-order valence-electron chi connectivity index (χ1n) is 13.5. The molecule has 0 radical (unpaired) electrons. The summed E-state index contributed by atoms with van der Waals surface area (Å²) >= 11 is 0. The van der Waals surface area contributed by atoms with E-state index in [0.717, 1.165) is 31.2 Å². The van der Waals surface area contributed by atoms with E-state index in [4.69, 9.17) is 0 Å². The molecule has 0 spiro atoms. The van der Waals surface area contributed by atoms with Crippen LogP contribution in [-0.2, 0) is 16.0 Å². The molecule has 0 bridgehead atoms. The molecule has 0 unspecified atom stereocenters. The highest BCUT2D eigenvalue weighted by Gasteiger charge is 2.43. The van der Waals surface area contributed by atoms with E-state index in [1.807, 2.05) is 36.4 Å². The van der Waals surface area contributed by atoms with Gasteiger partial charge in [0.25, 0.3) is 5.91 Å². The fraction of sp³-hybridized carbons (Fsp3) is 0.467. The topological polar surface area (TPSA) is 107 Å². The van der Waals surface area contributed by atoms with Crippen LogP contribution in [0.1, 0.15) is 54.4 Å². The summed E-state index contributed by atoms with van der Waals surface area (Å²) in [6.45, 7) is 0.166. The molecule has 3 atom stereocenters. The molecule has 8 nitrogen and oxygen atoms in total. The minimum absolute atomic E-state index is 0.167. The van der Waals surface area contributed by atoms with Gasteiger partial charge >= 0.3 is 12.0 Å². The van der Waals surface area contributed by atoms with Crippen LogP contribution in [0.25, 0.3) is 0 Å². The highest BCUT2D eigenvalue weighted by Crippen LogP contribution is 2.37. The van der Waals surface area contributed by atoms with E-state index in [9.17, 15) is 24.3 Å². The van der Waals surface area contributed by atoms with Crippen LogP contribution >= 0.6 is 0 Å². The second-order valence-corrected chi connectivity index (χ2v) is 10.6. The van der Waals surface area contributed by atoms with Crippen molar-refractivity contribution in [2.75, 3.05) is 20.1 Å². The van der Waals surface area contributed by atoms with E-state index in [1.165, 1.54) is 23.3 Å². The zero-order valence-corrected chi connectivity index (χ0v) is 21.9. The summed E-state index contributed by atoms with van der Waals surface area (Å²) in [5.74, 6) is -1.08. The van der Waals surface area contributed by atoms with Crippen molar-refractivity contribution in [3.05, 3.63) is 71.8 Å². The van der Waals surface area contributed by atoms with Crippen LogP contribution in [-0.4, -0.2) is 70.8 Å². The minimum atomic E-state index is -1.01. The zero-order valence-electron chi connectivity index (χ0n) is 21.9. The Bertz CT molecular complexity index is 1120. The van der Waals surface area contributed by atoms with Gasteiger partial charge in [-0.25, -0.2) is 9.59 Å². The van der Waals surface area contributed by atoms with Crippen LogP contribution < -0.4 is 5.32 Å². The van der Waals surface area contributed by atoms with E-state index in [0.29, 0.717) is 24.4 Å². The Morgan fingerprint density at radius 1 is 0.947 bits per heavy atom. The number of ketones is 1. The smallest absolute Gasteiger partial charge is 0.326 e. The molecule has 2 N–H and O–H groups in total. The summed E-state index contributed by atoms with van der Waals surface area (Å²) in [5.41, 5.74) is 1.33. The molecule has 2 fully saturated rings. The lowest BCUT2D eigenvalue weighted by atomic mass is 9.79. The Labute approximate surface area is 224 Å². The number of benzene rings is 2. The molecule has 1 saturated heterocycles. The number of amides is 3. The predicted octanol–water partition coefficient (Wildman–Crippen LogP) is 4.00. The van der Waals surface area contributed by atoms with Crippen molar-refractivity contribution in [1.82, 2.24) is 15.1 Å². The summed E-state index contributed by atoms with van der Waals surface area (Å²) in [4.78, 5) is 54.4. The van der Waals surface area contributed by atoms with Gasteiger partial charge in [0, 0.05) is 19.2 Å². The van der Waals surface area contributed by atoms with Gasteiger partial charge in [-0.2, -0.15) is 0 Å².